The summed E-state index contributed by atoms with van der Waals surface area (Å²) in [5.74, 6) is 1.24. The highest BCUT2D eigenvalue weighted by Gasteiger charge is 2.20. The Kier molecular flexibility index (Phi) is 5.93. The van der Waals surface area contributed by atoms with Gasteiger partial charge in [0.25, 0.3) is 0 Å². The number of aliphatic hydroxyl groups excluding tert-OH is 1. The average molecular weight is 528 g/mol. The first-order valence-corrected chi connectivity index (χ1v) is 8.68. The molecule has 0 spiro atoms. The molecule has 0 aliphatic carbocycles. The van der Waals surface area contributed by atoms with Crippen molar-refractivity contribution < 1.29 is 14.6 Å². The molecule has 0 bridgehead atoms. The summed E-state index contributed by atoms with van der Waals surface area (Å²) >= 11 is 9.11. The molecule has 0 saturated carbocycles. The fraction of sp³-hybridized carbons (Fsp3) is 0.200. The maximum Gasteiger partial charge on any atom is 0.133 e. The van der Waals surface area contributed by atoms with E-state index in [1.54, 1.807) is 26.4 Å². The van der Waals surface area contributed by atoms with E-state index in [0.717, 1.165) is 18.1 Å². The second kappa shape index (κ2) is 7.30. The van der Waals surface area contributed by atoms with Crippen molar-refractivity contribution >= 4 is 54.5 Å². The lowest BCUT2D eigenvalue weighted by atomic mass is 10.0. The smallest absolute Gasteiger partial charge is 0.133 e. The van der Waals surface area contributed by atoms with Crippen molar-refractivity contribution in [3.63, 3.8) is 0 Å². The van der Waals surface area contributed by atoms with Gasteiger partial charge in [0.05, 0.1) is 18.7 Å². The van der Waals surface area contributed by atoms with Crippen molar-refractivity contribution in [3.05, 3.63) is 54.0 Å². The van der Waals surface area contributed by atoms with Crippen LogP contribution >= 0.6 is 54.5 Å². The first-order chi connectivity index (χ1) is 9.97. The Morgan fingerprint density at radius 3 is 2.24 bits per heavy atom. The number of benzene rings is 2. The Bertz CT molecular complexity index is 662. The minimum atomic E-state index is -0.814. The average Bonchev–Trinajstić information content (AvgIpc) is 2.48. The highest BCUT2D eigenvalue weighted by molar-refractivity contribution is 14.1. The van der Waals surface area contributed by atoms with Crippen molar-refractivity contribution in [1.82, 2.24) is 0 Å². The summed E-state index contributed by atoms with van der Waals surface area (Å²) in [5, 5.41) is 10.7. The predicted octanol–water partition coefficient (Wildman–Crippen LogP) is 4.92. The molecule has 21 heavy (non-hydrogen) atoms. The van der Waals surface area contributed by atoms with Gasteiger partial charge in [-0.3, -0.25) is 0 Å². The second-order valence-corrected chi connectivity index (χ2v) is 7.25. The fourth-order valence-corrected chi connectivity index (χ4v) is 3.45. The van der Waals surface area contributed by atoms with Gasteiger partial charge in [-0.15, -0.1) is 0 Å². The number of rotatable bonds is 4. The molecule has 1 atom stereocenters. The number of hydrogen-bond donors (Lipinski definition) is 1. The van der Waals surface area contributed by atoms with E-state index in [0.29, 0.717) is 17.1 Å². The molecule has 0 amide bonds. The van der Waals surface area contributed by atoms with Crippen LogP contribution in [0, 0.1) is 3.57 Å². The van der Waals surface area contributed by atoms with Crippen LogP contribution in [0.3, 0.4) is 0 Å². The lowest BCUT2D eigenvalue weighted by Gasteiger charge is -2.18. The van der Waals surface area contributed by atoms with Gasteiger partial charge in [0.15, 0.2) is 0 Å². The minimum Gasteiger partial charge on any atom is -0.496 e. The third-order valence-electron chi connectivity index (χ3n) is 3.05. The van der Waals surface area contributed by atoms with Gasteiger partial charge in [-0.05, 0) is 68.9 Å². The van der Waals surface area contributed by atoms with Gasteiger partial charge >= 0.3 is 0 Å². The van der Waals surface area contributed by atoms with Crippen LogP contribution in [0.1, 0.15) is 17.2 Å². The third kappa shape index (κ3) is 3.72. The number of halogens is 3. The molecule has 0 saturated heterocycles. The first-order valence-electron chi connectivity index (χ1n) is 6.02. The van der Waals surface area contributed by atoms with Crippen molar-refractivity contribution in [2.24, 2.45) is 0 Å². The molecule has 0 aliphatic rings. The summed E-state index contributed by atoms with van der Waals surface area (Å²) < 4.78 is 13.3. The van der Waals surface area contributed by atoms with Crippen molar-refractivity contribution in [3.8, 4) is 11.5 Å². The van der Waals surface area contributed by atoms with E-state index in [4.69, 9.17) is 9.47 Å². The number of hydrogen-bond acceptors (Lipinski definition) is 3. The van der Waals surface area contributed by atoms with Crippen LogP contribution in [0.5, 0.6) is 11.5 Å². The van der Waals surface area contributed by atoms with E-state index in [9.17, 15) is 5.11 Å². The van der Waals surface area contributed by atoms with Crippen LogP contribution in [0.15, 0.2) is 39.3 Å². The van der Waals surface area contributed by atoms with Crippen molar-refractivity contribution in [2.45, 2.75) is 6.10 Å². The molecule has 112 valence electrons. The van der Waals surface area contributed by atoms with Gasteiger partial charge in [0.2, 0.25) is 0 Å². The summed E-state index contributed by atoms with van der Waals surface area (Å²) in [7, 11) is 3.17. The summed E-state index contributed by atoms with van der Waals surface area (Å²) in [6.07, 6.45) is -0.814. The van der Waals surface area contributed by atoms with Crippen molar-refractivity contribution in [1.29, 1.82) is 0 Å². The Labute approximate surface area is 154 Å². The number of aliphatic hydroxyl groups is 1. The van der Waals surface area contributed by atoms with Crippen LogP contribution in [-0.4, -0.2) is 19.3 Å². The summed E-state index contributed by atoms with van der Waals surface area (Å²) in [6, 6.07) is 9.39. The number of ether oxygens (including phenoxy) is 2. The summed E-state index contributed by atoms with van der Waals surface area (Å²) in [6.45, 7) is 0. The maximum absolute atomic E-state index is 10.7. The predicted molar refractivity (Wildman–Crippen MR) is 98.2 cm³/mol. The normalized spacial score (nSPS) is 12.1. The van der Waals surface area contributed by atoms with Gasteiger partial charge in [-0.1, -0.05) is 15.9 Å². The zero-order valence-corrected chi connectivity index (χ0v) is 16.7. The molecule has 0 aromatic heterocycles. The van der Waals surface area contributed by atoms with E-state index < -0.39 is 6.10 Å². The van der Waals surface area contributed by atoms with Crippen LogP contribution in [0.2, 0.25) is 0 Å². The standard InChI is InChI=1S/C15H13Br2IO3/c1-20-13-7-12(17)14(21-2)6-10(13)15(19)9-5-8(18)3-4-11(9)16/h3-7,15,19H,1-2H3. The lowest BCUT2D eigenvalue weighted by Crippen LogP contribution is -2.04. The molecule has 2 aromatic rings. The molecule has 1 unspecified atom stereocenters. The van der Waals surface area contributed by atoms with Gasteiger partial charge in [-0.2, -0.15) is 0 Å². The molecule has 2 aromatic carbocycles. The SMILES string of the molecule is COc1cc(C(O)c2cc(I)ccc2Br)c(OC)cc1Br. The molecule has 0 aliphatic heterocycles. The topological polar surface area (TPSA) is 38.7 Å². The Hall–Kier alpha value is -0.310. The first kappa shape index (κ1) is 17.1. The third-order valence-corrected chi connectivity index (χ3v) is 5.06. The molecular weight excluding hydrogens is 515 g/mol. The van der Waals surface area contributed by atoms with Gasteiger partial charge < -0.3 is 14.6 Å². The largest absolute Gasteiger partial charge is 0.496 e. The molecule has 1 N–H and O–H groups in total. The molecule has 2 rings (SSSR count). The Morgan fingerprint density at radius 1 is 0.952 bits per heavy atom. The lowest BCUT2D eigenvalue weighted by molar-refractivity contribution is 0.213. The highest BCUT2D eigenvalue weighted by atomic mass is 127. The Balaban J connectivity index is 2.56. The molecule has 0 fully saturated rings. The fourth-order valence-electron chi connectivity index (χ4n) is 1.99. The van der Waals surface area contributed by atoms with Crippen LogP contribution in [0.25, 0.3) is 0 Å². The van der Waals surface area contributed by atoms with Crippen LogP contribution in [0.4, 0.5) is 0 Å². The zero-order chi connectivity index (χ0) is 15.6. The van der Waals surface area contributed by atoms with E-state index in [-0.39, 0.29) is 0 Å². The van der Waals surface area contributed by atoms with Crippen molar-refractivity contribution in [2.75, 3.05) is 14.2 Å². The van der Waals surface area contributed by atoms with Gasteiger partial charge in [-0.25, -0.2) is 0 Å². The van der Waals surface area contributed by atoms with E-state index >= 15 is 0 Å². The Morgan fingerprint density at radius 2 is 1.62 bits per heavy atom. The zero-order valence-electron chi connectivity index (χ0n) is 11.4. The second-order valence-electron chi connectivity index (χ2n) is 4.30. The molecule has 3 nitrogen and oxygen atoms in total. The minimum absolute atomic E-state index is 0.598. The van der Waals surface area contributed by atoms with E-state index in [1.165, 1.54) is 0 Å². The van der Waals surface area contributed by atoms with E-state index in [2.05, 4.69) is 54.5 Å². The molecule has 0 heterocycles. The van der Waals surface area contributed by atoms with Gasteiger partial charge in [0, 0.05) is 19.2 Å². The van der Waals surface area contributed by atoms with Gasteiger partial charge in [0.1, 0.15) is 17.6 Å². The monoisotopic (exact) mass is 526 g/mol. The quantitative estimate of drug-likeness (QED) is 0.574. The summed E-state index contributed by atoms with van der Waals surface area (Å²) in [4.78, 5) is 0. The molecular formula is C15H13Br2IO3. The maximum atomic E-state index is 10.7. The molecule has 0 radical (unpaired) electrons. The molecule has 6 heteroatoms. The highest BCUT2D eigenvalue weighted by Crippen LogP contribution is 2.39. The number of methoxy groups -OCH3 is 2. The van der Waals surface area contributed by atoms with E-state index in [1.807, 2.05) is 18.2 Å². The summed E-state index contributed by atoms with van der Waals surface area (Å²) in [5.41, 5.74) is 1.44. The van der Waals surface area contributed by atoms with Crippen LogP contribution < -0.4 is 9.47 Å². The van der Waals surface area contributed by atoms with Crippen LogP contribution in [-0.2, 0) is 0 Å².